The van der Waals surface area contributed by atoms with Crippen molar-refractivity contribution in [3.8, 4) is 0 Å². The van der Waals surface area contributed by atoms with Crippen LogP contribution in [0.3, 0.4) is 0 Å². The lowest BCUT2D eigenvalue weighted by molar-refractivity contribution is -0.121. The second-order valence-corrected chi connectivity index (χ2v) is 7.39. The average Bonchev–Trinajstić information content (AvgIpc) is 2.78. The maximum atomic E-state index is 12.5. The fourth-order valence-corrected chi connectivity index (χ4v) is 3.43. The molecule has 2 aromatic rings. The molecule has 1 aliphatic rings. The molecule has 9 nitrogen and oxygen atoms in total. The van der Waals surface area contributed by atoms with Gasteiger partial charge in [-0.1, -0.05) is 12.1 Å². The number of H-pyrrole nitrogens is 1. The molecule has 0 unspecified atom stereocenters. The van der Waals surface area contributed by atoms with Crippen LogP contribution in [0.1, 0.15) is 40.5 Å². The number of aromatic nitrogens is 2. The molecule has 1 aromatic heterocycles. The van der Waals surface area contributed by atoms with Crippen molar-refractivity contribution in [2.75, 3.05) is 37.7 Å². The quantitative estimate of drug-likeness (QED) is 0.577. The molecular formula is C22H29N5O4. The van der Waals surface area contributed by atoms with E-state index in [1.165, 1.54) is 0 Å². The Morgan fingerprint density at radius 1 is 1.23 bits per heavy atom. The van der Waals surface area contributed by atoms with Crippen LogP contribution in [-0.2, 0) is 22.5 Å². The average molecular weight is 428 g/mol. The minimum Gasteiger partial charge on any atom is -0.378 e. The minimum atomic E-state index is -0.212. The van der Waals surface area contributed by atoms with Gasteiger partial charge in [0.15, 0.2) is 0 Å². The van der Waals surface area contributed by atoms with Gasteiger partial charge in [-0.2, -0.15) is 0 Å². The Morgan fingerprint density at radius 2 is 2.00 bits per heavy atom. The zero-order chi connectivity index (χ0) is 22.2. The van der Waals surface area contributed by atoms with E-state index in [1.54, 1.807) is 25.1 Å². The number of morpholine rings is 1. The van der Waals surface area contributed by atoms with Gasteiger partial charge in [-0.15, -0.1) is 0 Å². The van der Waals surface area contributed by atoms with E-state index >= 15 is 0 Å². The first-order valence-corrected chi connectivity index (χ1v) is 10.5. The highest BCUT2D eigenvalue weighted by molar-refractivity contribution is 5.94. The molecule has 2 heterocycles. The van der Waals surface area contributed by atoms with Gasteiger partial charge in [-0.05, 0) is 38.0 Å². The van der Waals surface area contributed by atoms with Crippen molar-refractivity contribution in [2.45, 2.75) is 33.2 Å². The highest BCUT2D eigenvalue weighted by atomic mass is 16.5. The third-order valence-electron chi connectivity index (χ3n) is 5.14. The van der Waals surface area contributed by atoms with Crippen molar-refractivity contribution < 1.29 is 14.3 Å². The van der Waals surface area contributed by atoms with Crippen molar-refractivity contribution in [3.63, 3.8) is 0 Å². The Balaban J connectivity index is 1.54. The zero-order valence-electron chi connectivity index (χ0n) is 18.0. The monoisotopic (exact) mass is 427 g/mol. The van der Waals surface area contributed by atoms with E-state index in [0.29, 0.717) is 68.6 Å². The SMILES string of the molecule is CCNC(=O)c1cccc(CNC(=O)CCc2c(C)nc(N3CCOCC3)[nH]c2=O)c1. The van der Waals surface area contributed by atoms with Crippen LogP contribution in [-0.4, -0.2) is 54.6 Å². The number of nitrogens with one attached hydrogen (secondary N) is 3. The molecule has 31 heavy (non-hydrogen) atoms. The fraction of sp³-hybridized carbons (Fsp3) is 0.455. The Kier molecular flexibility index (Phi) is 7.77. The Labute approximate surface area is 181 Å². The number of ether oxygens (including phenoxy) is 1. The van der Waals surface area contributed by atoms with Crippen LogP contribution in [0.4, 0.5) is 5.95 Å². The molecule has 9 heteroatoms. The third kappa shape index (κ3) is 6.14. The first-order valence-electron chi connectivity index (χ1n) is 10.5. The smallest absolute Gasteiger partial charge is 0.255 e. The lowest BCUT2D eigenvalue weighted by Crippen LogP contribution is -2.38. The largest absolute Gasteiger partial charge is 0.378 e. The topological polar surface area (TPSA) is 116 Å². The lowest BCUT2D eigenvalue weighted by atomic mass is 10.1. The predicted octanol–water partition coefficient (Wildman–Crippen LogP) is 0.914. The molecule has 3 rings (SSSR count). The van der Waals surface area contributed by atoms with Gasteiger partial charge in [0.1, 0.15) is 0 Å². The van der Waals surface area contributed by atoms with Gasteiger partial charge in [0.2, 0.25) is 11.9 Å². The van der Waals surface area contributed by atoms with Crippen molar-refractivity contribution in [3.05, 3.63) is 57.0 Å². The molecular weight excluding hydrogens is 398 g/mol. The molecule has 1 fully saturated rings. The van der Waals surface area contributed by atoms with Gasteiger partial charge in [-0.3, -0.25) is 19.4 Å². The van der Waals surface area contributed by atoms with Gasteiger partial charge in [-0.25, -0.2) is 4.98 Å². The molecule has 1 aliphatic heterocycles. The number of hydrogen-bond acceptors (Lipinski definition) is 6. The number of amides is 2. The number of anilines is 1. The molecule has 0 atom stereocenters. The van der Waals surface area contributed by atoms with Crippen LogP contribution in [0, 0.1) is 6.92 Å². The molecule has 1 saturated heterocycles. The van der Waals surface area contributed by atoms with E-state index in [9.17, 15) is 14.4 Å². The highest BCUT2D eigenvalue weighted by Gasteiger charge is 2.17. The third-order valence-corrected chi connectivity index (χ3v) is 5.14. The van der Waals surface area contributed by atoms with Crippen LogP contribution in [0.2, 0.25) is 0 Å². The molecule has 1 aromatic carbocycles. The van der Waals surface area contributed by atoms with E-state index in [0.717, 1.165) is 5.56 Å². The van der Waals surface area contributed by atoms with E-state index in [2.05, 4.69) is 20.6 Å². The van der Waals surface area contributed by atoms with Crippen LogP contribution in [0.25, 0.3) is 0 Å². The summed E-state index contributed by atoms with van der Waals surface area (Å²) in [7, 11) is 0. The summed E-state index contributed by atoms with van der Waals surface area (Å²) in [6, 6.07) is 7.14. The molecule has 0 aliphatic carbocycles. The summed E-state index contributed by atoms with van der Waals surface area (Å²) in [4.78, 5) is 46.1. The second kappa shape index (κ2) is 10.7. The molecule has 3 N–H and O–H groups in total. The van der Waals surface area contributed by atoms with Crippen molar-refractivity contribution in [2.24, 2.45) is 0 Å². The second-order valence-electron chi connectivity index (χ2n) is 7.39. The summed E-state index contributed by atoms with van der Waals surface area (Å²) in [5.74, 6) is 0.240. The van der Waals surface area contributed by atoms with E-state index in [4.69, 9.17) is 4.74 Å². The summed E-state index contributed by atoms with van der Waals surface area (Å²) in [5, 5.41) is 5.60. The normalized spacial score (nSPS) is 13.7. The van der Waals surface area contributed by atoms with Crippen molar-refractivity contribution >= 4 is 17.8 Å². The maximum Gasteiger partial charge on any atom is 0.255 e. The van der Waals surface area contributed by atoms with Crippen LogP contribution < -0.4 is 21.1 Å². The van der Waals surface area contributed by atoms with Crippen molar-refractivity contribution in [1.29, 1.82) is 0 Å². The number of benzene rings is 1. The number of carbonyl (C=O) groups excluding carboxylic acids is 2. The predicted molar refractivity (Wildman–Crippen MR) is 117 cm³/mol. The van der Waals surface area contributed by atoms with Gasteiger partial charge < -0.3 is 20.3 Å². The van der Waals surface area contributed by atoms with E-state index in [1.807, 2.05) is 17.9 Å². The number of aryl methyl sites for hydroxylation is 1. The minimum absolute atomic E-state index is 0.140. The Hall–Kier alpha value is -3.20. The number of carbonyl (C=O) groups is 2. The van der Waals surface area contributed by atoms with E-state index in [-0.39, 0.29) is 23.8 Å². The molecule has 0 bridgehead atoms. The number of nitrogens with zero attached hydrogens (tertiary/aromatic N) is 2. The fourth-order valence-electron chi connectivity index (χ4n) is 3.43. The summed E-state index contributed by atoms with van der Waals surface area (Å²) in [6.45, 7) is 7.11. The summed E-state index contributed by atoms with van der Waals surface area (Å²) in [5.41, 5.74) is 2.33. The van der Waals surface area contributed by atoms with Gasteiger partial charge in [0.25, 0.3) is 11.5 Å². The van der Waals surface area contributed by atoms with Crippen LogP contribution >= 0.6 is 0 Å². The molecule has 0 radical (unpaired) electrons. The lowest BCUT2D eigenvalue weighted by Gasteiger charge is -2.27. The number of hydrogen-bond donors (Lipinski definition) is 3. The van der Waals surface area contributed by atoms with Crippen molar-refractivity contribution in [1.82, 2.24) is 20.6 Å². The number of aromatic amines is 1. The Bertz CT molecular complexity index is 982. The molecule has 0 spiro atoms. The first kappa shape index (κ1) is 22.5. The first-order chi connectivity index (χ1) is 15.0. The zero-order valence-corrected chi connectivity index (χ0v) is 18.0. The number of rotatable bonds is 8. The van der Waals surface area contributed by atoms with Crippen LogP contribution in [0.15, 0.2) is 29.1 Å². The van der Waals surface area contributed by atoms with Gasteiger partial charge >= 0.3 is 0 Å². The van der Waals surface area contributed by atoms with Crippen LogP contribution in [0.5, 0.6) is 0 Å². The highest BCUT2D eigenvalue weighted by Crippen LogP contribution is 2.11. The Morgan fingerprint density at radius 3 is 2.71 bits per heavy atom. The maximum absolute atomic E-state index is 12.5. The summed E-state index contributed by atoms with van der Waals surface area (Å²) in [6.07, 6.45) is 0.487. The molecule has 166 valence electrons. The molecule has 2 amide bonds. The molecule has 0 saturated carbocycles. The van der Waals surface area contributed by atoms with Gasteiger partial charge in [0.05, 0.1) is 13.2 Å². The summed E-state index contributed by atoms with van der Waals surface area (Å²) >= 11 is 0. The van der Waals surface area contributed by atoms with E-state index < -0.39 is 0 Å². The standard InChI is InChI=1S/C22H29N5O4/c1-3-23-20(29)17-6-4-5-16(13-17)14-24-19(28)8-7-18-15(2)25-22(26-21(18)30)27-9-11-31-12-10-27/h4-6,13H,3,7-12,14H2,1-2H3,(H,23,29)(H,24,28)(H,25,26,30). The van der Waals surface area contributed by atoms with Gasteiger partial charge in [0, 0.05) is 49.4 Å². The summed E-state index contributed by atoms with van der Waals surface area (Å²) < 4.78 is 5.33.